The molecule has 0 radical (unpaired) electrons. The van der Waals surface area contributed by atoms with Crippen molar-refractivity contribution in [2.75, 3.05) is 22.7 Å². The zero-order valence-corrected chi connectivity index (χ0v) is 20.8. The fraction of sp³-hybridized carbons (Fsp3) is 0.348. The molecule has 1 aliphatic heterocycles. The van der Waals surface area contributed by atoms with Crippen LogP contribution >= 0.6 is 11.6 Å². The summed E-state index contributed by atoms with van der Waals surface area (Å²) in [5, 5.41) is 12.2. The molecule has 2 N–H and O–H groups in total. The van der Waals surface area contributed by atoms with Crippen molar-refractivity contribution in [1.29, 1.82) is 0 Å². The number of esters is 1. The lowest BCUT2D eigenvalue weighted by atomic mass is 10.2. The molecule has 1 heterocycles. The summed E-state index contributed by atoms with van der Waals surface area (Å²) in [6.45, 7) is 2.96. The van der Waals surface area contributed by atoms with Crippen LogP contribution in [0.1, 0.15) is 26.7 Å². The third-order valence-corrected chi connectivity index (χ3v) is 7.23. The van der Waals surface area contributed by atoms with Crippen LogP contribution in [-0.4, -0.2) is 61.6 Å². The first-order valence-corrected chi connectivity index (χ1v) is 12.7. The predicted octanol–water partition coefficient (Wildman–Crippen LogP) is 3.57. The number of anilines is 2. The molecule has 0 aromatic heterocycles. The van der Waals surface area contributed by atoms with Crippen molar-refractivity contribution in [3.8, 4) is 0 Å². The summed E-state index contributed by atoms with van der Waals surface area (Å²) in [7, 11) is -4.29. The number of halogens is 1. The molecule has 2 aromatic rings. The van der Waals surface area contributed by atoms with Gasteiger partial charge < -0.3 is 15.2 Å². The molecule has 3 rings (SSSR count). The molecule has 188 valence electrons. The number of sulfonamides is 1. The van der Waals surface area contributed by atoms with Crippen LogP contribution in [0.15, 0.2) is 53.4 Å². The van der Waals surface area contributed by atoms with E-state index >= 15 is 0 Å². The highest BCUT2D eigenvalue weighted by Crippen LogP contribution is 2.28. The molecule has 10 nitrogen and oxygen atoms in total. The Morgan fingerprint density at radius 2 is 1.91 bits per heavy atom. The van der Waals surface area contributed by atoms with Crippen LogP contribution in [-0.2, 0) is 24.3 Å². The van der Waals surface area contributed by atoms with Gasteiger partial charge in [0.2, 0.25) is 5.91 Å². The highest BCUT2D eigenvalue weighted by Gasteiger charge is 2.34. The zero-order chi connectivity index (χ0) is 25.8. The monoisotopic (exact) mass is 523 g/mol. The van der Waals surface area contributed by atoms with Gasteiger partial charge in [-0.2, -0.15) is 0 Å². The van der Waals surface area contributed by atoms with Crippen LogP contribution in [0.5, 0.6) is 0 Å². The molecule has 0 saturated carbocycles. The number of amides is 2. The minimum absolute atomic E-state index is 0.163. The highest BCUT2D eigenvalue weighted by atomic mass is 35.5. The molecule has 0 aliphatic carbocycles. The van der Waals surface area contributed by atoms with Crippen molar-refractivity contribution in [3.05, 3.63) is 53.6 Å². The molecular weight excluding hydrogens is 498 g/mol. The topological polar surface area (TPSA) is 133 Å². The summed E-state index contributed by atoms with van der Waals surface area (Å²) in [6.07, 6.45) is -0.702. The van der Waals surface area contributed by atoms with E-state index in [1.165, 1.54) is 36.4 Å². The van der Waals surface area contributed by atoms with Crippen LogP contribution in [0.2, 0.25) is 5.02 Å². The van der Waals surface area contributed by atoms with Crippen molar-refractivity contribution < 1.29 is 32.6 Å². The Morgan fingerprint density at radius 3 is 2.57 bits per heavy atom. The molecule has 0 spiro atoms. The number of likely N-dealkylation sites (tertiary alicyclic amines) is 1. The quantitative estimate of drug-likeness (QED) is 0.505. The number of hydrogen-bond acceptors (Lipinski definition) is 6. The predicted molar refractivity (Wildman–Crippen MR) is 130 cm³/mol. The fourth-order valence-electron chi connectivity index (χ4n) is 3.72. The van der Waals surface area contributed by atoms with Crippen molar-refractivity contribution in [3.63, 3.8) is 0 Å². The zero-order valence-electron chi connectivity index (χ0n) is 19.2. The van der Waals surface area contributed by atoms with Crippen LogP contribution in [0.3, 0.4) is 0 Å². The first-order chi connectivity index (χ1) is 16.5. The van der Waals surface area contributed by atoms with Gasteiger partial charge in [0.05, 0.1) is 16.7 Å². The summed E-state index contributed by atoms with van der Waals surface area (Å²) in [5.74, 6) is -1.30. The van der Waals surface area contributed by atoms with E-state index in [0.29, 0.717) is 12.8 Å². The van der Waals surface area contributed by atoms with Gasteiger partial charge in [-0.05, 0) is 63.1 Å². The number of ether oxygens (including phenoxy) is 1. The van der Waals surface area contributed by atoms with Crippen LogP contribution in [0.25, 0.3) is 0 Å². The summed E-state index contributed by atoms with van der Waals surface area (Å²) in [4.78, 5) is 37.3. The SMILES string of the molecule is CC(C)OC(=O)CN(c1cccc(Cl)c1)S(=O)(=O)c1cccc(NC(=O)[C@@H]2CCCN2C(=O)O)c1. The van der Waals surface area contributed by atoms with Gasteiger partial charge in [0.15, 0.2) is 0 Å². The Hall–Kier alpha value is -3.31. The van der Waals surface area contributed by atoms with Crippen molar-refractivity contribution in [1.82, 2.24) is 4.90 Å². The minimum Gasteiger partial charge on any atom is -0.465 e. The summed E-state index contributed by atoms with van der Waals surface area (Å²) >= 11 is 6.05. The van der Waals surface area contributed by atoms with Crippen LogP contribution in [0.4, 0.5) is 16.2 Å². The number of carbonyl (C=O) groups is 3. The first kappa shape index (κ1) is 26.3. The summed E-state index contributed by atoms with van der Waals surface area (Å²) in [5.41, 5.74) is 0.333. The maximum absolute atomic E-state index is 13.6. The molecule has 1 aliphatic rings. The lowest BCUT2D eigenvalue weighted by molar-refractivity contribution is -0.145. The van der Waals surface area contributed by atoms with E-state index in [-0.39, 0.29) is 27.8 Å². The Bertz CT molecular complexity index is 1220. The van der Waals surface area contributed by atoms with Gasteiger partial charge in [-0.15, -0.1) is 0 Å². The van der Waals surface area contributed by atoms with Gasteiger partial charge in [0.25, 0.3) is 10.0 Å². The summed E-state index contributed by atoms with van der Waals surface area (Å²) in [6, 6.07) is 10.7. The van der Waals surface area contributed by atoms with Gasteiger partial charge in [-0.1, -0.05) is 23.7 Å². The number of carbonyl (C=O) groups excluding carboxylic acids is 2. The molecule has 0 unspecified atom stereocenters. The van der Waals surface area contributed by atoms with Crippen LogP contribution < -0.4 is 9.62 Å². The molecule has 1 fully saturated rings. The second-order valence-electron chi connectivity index (χ2n) is 8.18. The maximum atomic E-state index is 13.6. The molecule has 35 heavy (non-hydrogen) atoms. The fourth-order valence-corrected chi connectivity index (χ4v) is 5.35. The van der Waals surface area contributed by atoms with E-state index in [2.05, 4.69) is 5.32 Å². The Balaban J connectivity index is 1.90. The lowest BCUT2D eigenvalue weighted by Gasteiger charge is -2.25. The lowest BCUT2D eigenvalue weighted by Crippen LogP contribution is -2.42. The highest BCUT2D eigenvalue weighted by molar-refractivity contribution is 7.92. The number of carboxylic acid groups (broad SMARTS) is 1. The Kier molecular flexibility index (Phi) is 8.23. The number of nitrogens with zero attached hydrogens (tertiary/aromatic N) is 2. The maximum Gasteiger partial charge on any atom is 0.407 e. The van der Waals surface area contributed by atoms with Gasteiger partial charge in [0.1, 0.15) is 12.6 Å². The Morgan fingerprint density at radius 1 is 1.20 bits per heavy atom. The van der Waals surface area contributed by atoms with Gasteiger partial charge in [0, 0.05) is 17.3 Å². The molecule has 0 bridgehead atoms. The molecule has 1 atom stereocenters. The van der Waals surface area contributed by atoms with Crippen LogP contribution in [0, 0.1) is 0 Å². The first-order valence-electron chi connectivity index (χ1n) is 10.9. The molecule has 12 heteroatoms. The smallest absolute Gasteiger partial charge is 0.407 e. The van der Waals surface area contributed by atoms with Crippen molar-refractivity contribution in [2.45, 2.75) is 43.7 Å². The minimum atomic E-state index is -4.29. The van der Waals surface area contributed by atoms with E-state index in [4.69, 9.17) is 16.3 Å². The van der Waals surface area contributed by atoms with Crippen molar-refractivity contribution >= 4 is 51.0 Å². The van der Waals surface area contributed by atoms with E-state index in [9.17, 15) is 27.9 Å². The van der Waals surface area contributed by atoms with E-state index in [1.807, 2.05) is 0 Å². The number of nitrogens with one attached hydrogen (secondary N) is 1. The van der Waals surface area contributed by atoms with E-state index in [1.54, 1.807) is 26.0 Å². The third kappa shape index (κ3) is 6.43. The van der Waals surface area contributed by atoms with Gasteiger partial charge in [-0.3, -0.25) is 18.8 Å². The van der Waals surface area contributed by atoms with Crippen molar-refractivity contribution in [2.24, 2.45) is 0 Å². The number of hydrogen-bond donors (Lipinski definition) is 2. The standard InChI is InChI=1S/C23H26ClN3O7S/c1-15(2)34-21(28)14-27(18-8-3-6-16(24)12-18)35(32,33)19-9-4-7-17(13-19)25-22(29)20-10-5-11-26(20)23(30)31/h3-4,6-9,12-13,15,20H,5,10-11,14H2,1-2H3,(H,25,29)(H,30,31)/t20-/m0/s1. The third-order valence-electron chi connectivity index (χ3n) is 5.23. The average Bonchev–Trinajstić information content (AvgIpc) is 3.28. The van der Waals surface area contributed by atoms with Gasteiger partial charge in [-0.25, -0.2) is 13.2 Å². The second-order valence-corrected chi connectivity index (χ2v) is 10.5. The Labute approximate surface area is 208 Å². The molecule has 2 amide bonds. The second kappa shape index (κ2) is 11.0. The molecular formula is C23H26ClN3O7S. The van der Waals surface area contributed by atoms with E-state index in [0.717, 1.165) is 9.21 Å². The normalized spacial score (nSPS) is 15.7. The van der Waals surface area contributed by atoms with E-state index < -0.39 is 46.7 Å². The van der Waals surface area contributed by atoms with Gasteiger partial charge >= 0.3 is 12.1 Å². The molecule has 1 saturated heterocycles. The number of rotatable bonds is 8. The average molecular weight is 524 g/mol. The summed E-state index contributed by atoms with van der Waals surface area (Å²) < 4.78 is 33.2. The number of benzene rings is 2. The largest absolute Gasteiger partial charge is 0.465 e. The molecule has 2 aromatic carbocycles.